The molecule has 0 unspecified atom stereocenters. The molecule has 5 rings (SSSR count). The summed E-state index contributed by atoms with van der Waals surface area (Å²) >= 11 is 0. The minimum atomic E-state index is -0.276. The van der Waals surface area contributed by atoms with Crippen LogP contribution in [0, 0.1) is 11.3 Å². The van der Waals surface area contributed by atoms with Crippen molar-refractivity contribution < 1.29 is 9.53 Å². The van der Waals surface area contributed by atoms with Gasteiger partial charge in [0.15, 0.2) is 0 Å². The number of hydrogen-bond donors (Lipinski definition) is 2. The Balaban J connectivity index is 1.24. The Morgan fingerprint density at radius 3 is 2.62 bits per heavy atom. The smallest absolute Gasteiger partial charge is 0.252 e. The number of nitrogens with zero attached hydrogens (tertiary/aromatic N) is 4. The van der Waals surface area contributed by atoms with Gasteiger partial charge in [0, 0.05) is 48.2 Å². The minimum absolute atomic E-state index is 0.0181. The molecule has 0 bridgehead atoms. The molecule has 3 aromatic rings. The molecule has 8 nitrogen and oxygen atoms in total. The Labute approximate surface area is 198 Å². The zero-order chi connectivity index (χ0) is 23.4. The van der Waals surface area contributed by atoms with Gasteiger partial charge in [0.1, 0.15) is 6.54 Å². The standard InChI is InChI=1S/C26H26N6O2/c27-13-15-28-24(33)20-4-2-19(3-5-20)23-10-14-29-25(31-23)30-21-6-8-22(9-7-21)32-16-1-11-26(18-32)12-17-34-26/h2-10,14H,1,11-12,15-18H2,(H,28,33)(H,29,30,31)/t26-/m1/s1. The van der Waals surface area contributed by atoms with Gasteiger partial charge in [0.25, 0.3) is 5.91 Å². The third-order valence-electron chi connectivity index (χ3n) is 6.42. The van der Waals surface area contributed by atoms with Gasteiger partial charge in [-0.3, -0.25) is 4.79 Å². The predicted octanol–water partition coefficient (Wildman–Crippen LogP) is 3.90. The second-order valence-electron chi connectivity index (χ2n) is 8.66. The van der Waals surface area contributed by atoms with Crippen LogP contribution in [0.2, 0.25) is 0 Å². The quantitative estimate of drug-likeness (QED) is 0.545. The topological polar surface area (TPSA) is 103 Å². The first kappa shape index (κ1) is 21.9. The van der Waals surface area contributed by atoms with E-state index < -0.39 is 0 Å². The summed E-state index contributed by atoms with van der Waals surface area (Å²) in [6.45, 7) is 2.89. The summed E-state index contributed by atoms with van der Waals surface area (Å²) in [6, 6.07) is 19.2. The first-order valence-electron chi connectivity index (χ1n) is 11.5. The van der Waals surface area contributed by atoms with E-state index in [0.717, 1.165) is 55.9 Å². The van der Waals surface area contributed by atoms with E-state index in [0.29, 0.717) is 11.5 Å². The molecule has 2 aromatic carbocycles. The number of anilines is 3. The van der Waals surface area contributed by atoms with Gasteiger partial charge in [0.05, 0.1) is 24.0 Å². The molecule has 1 aromatic heterocycles. The Morgan fingerprint density at radius 1 is 1.12 bits per heavy atom. The molecule has 0 saturated carbocycles. The molecule has 0 radical (unpaired) electrons. The Bertz CT molecular complexity index is 1200. The van der Waals surface area contributed by atoms with Crippen molar-refractivity contribution in [1.82, 2.24) is 15.3 Å². The van der Waals surface area contributed by atoms with Gasteiger partial charge in [-0.1, -0.05) is 12.1 Å². The zero-order valence-electron chi connectivity index (χ0n) is 18.8. The summed E-state index contributed by atoms with van der Waals surface area (Å²) in [4.78, 5) is 23.4. The molecule has 2 aliphatic rings. The van der Waals surface area contributed by atoms with E-state index in [-0.39, 0.29) is 18.1 Å². The number of amides is 1. The van der Waals surface area contributed by atoms with Crippen molar-refractivity contribution in [2.24, 2.45) is 0 Å². The molecule has 0 aliphatic carbocycles. The number of rotatable bonds is 6. The lowest BCUT2D eigenvalue weighted by atomic mass is 9.85. The highest BCUT2D eigenvalue weighted by Gasteiger charge is 2.42. The molecule has 2 saturated heterocycles. The normalized spacial score (nSPS) is 19.2. The van der Waals surface area contributed by atoms with Gasteiger partial charge in [-0.15, -0.1) is 0 Å². The first-order chi connectivity index (χ1) is 16.6. The number of hydrogen-bond acceptors (Lipinski definition) is 7. The number of carbonyl (C=O) groups is 1. The van der Waals surface area contributed by atoms with Crippen LogP contribution in [0.15, 0.2) is 60.8 Å². The van der Waals surface area contributed by atoms with Crippen LogP contribution in [-0.2, 0) is 4.74 Å². The van der Waals surface area contributed by atoms with E-state index in [4.69, 9.17) is 10.00 Å². The Morgan fingerprint density at radius 2 is 1.91 bits per heavy atom. The fourth-order valence-electron chi connectivity index (χ4n) is 4.51. The molecule has 172 valence electrons. The van der Waals surface area contributed by atoms with Gasteiger partial charge in [0.2, 0.25) is 5.95 Å². The average molecular weight is 455 g/mol. The second-order valence-corrected chi connectivity index (χ2v) is 8.66. The SMILES string of the molecule is N#CCNC(=O)c1ccc(-c2ccnc(Nc3ccc(N4CCC[C@@]5(CCO5)C4)cc3)n2)cc1. The number of aromatic nitrogens is 2. The maximum Gasteiger partial charge on any atom is 0.252 e. The lowest BCUT2D eigenvalue weighted by Crippen LogP contribution is -2.56. The molecule has 34 heavy (non-hydrogen) atoms. The second kappa shape index (κ2) is 9.49. The highest BCUT2D eigenvalue weighted by molar-refractivity contribution is 5.94. The number of nitrogens with one attached hydrogen (secondary N) is 2. The minimum Gasteiger partial charge on any atom is -0.373 e. The van der Waals surface area contributed by atoms with E-state index in [1.807, 2.05) is 36.4 Å². The lowest BCUT2D eigenvalue weighted by molar-refractivity contribution is -0.150. The summed E-state index contributed by atoms with van der Waals surface area (Å²) in [5.74, 6) is 0.224. The van der Waals surface area contributed by atoms with Crippen LogP contribution in [0.5, 0.6) is 0 Å². The first-order valence-corrected chi connectivity index (χ1v) is 11.5. The van der Waals surface area contributed by atoms with Crippen LogP contribution in [-0.4, -0.2) is 47.7 Å². The van der Waals surface area contributed by atoms with Crippen LogP contribution < -0.4 is 15.5 Å². The number of carbonyl (C=O) groups excluding carboxylic acids is 1. The highest BCUT2D eigenvalue weighted by atomic mass is 16.5. The maximum absolute atomic E-state index is 12.0. The van der Waals surface area contributed by atoms with E-state index in [2.05, 4.69) is 37.6 Å². The molecule has 3 heterocycles. The summed E-state index contributed by atoms with van der Waals surface area (Å²) in [5, 5.41) is 14.4. The van der Waals surface area contributed by atoms with E-state index in [1.165, 1.54) is 5.69 Å². The average Bonchev–Trinajstić information content (AvgIpc) is 2.87. The van der Waals surface area contributed by atoms with Crippen LogP contribution in [0.1, 0.15) is 29.6 Å². The zero-order valence-corrected chi connectivity index (χ0v) is 18.8. The molecule has 1 amide bonds. The summed E-state index contributed by atoms with van der Waals surface area (Å²) in [5.41, 5.74) is 4.30. The van der Waals surface area contributed by atoms with Crippen molar-refractivity contribution in [2.45, 2.75) is 24.9 Å². The molecule has 2 fully saturated rings. The molecule has 2 aliphatic heterocycles. The fourth-order valence-corrected chi connectivity index (χ4v) is 4.51. The summed E-state index contributed by atoms with van der Waals surface area (Å²) in [6.07, 6.45) is 5.19. The van der Waals surface area contributed by atoms with Crippen LogP contribution in [0.4, 0.5) is 17.3 Å². The molecule has 1 atom stereocenters. The van der Waals surface area contributed by atoms with Crippen LogP contribution in [0.25, 0.3) is 11.3 Å². The number of benzene rings is 2. The van der Waals surface area contributed by atoms with E-state index in [1.54, 1.807) is 18.3 Å². The monoisotopic (exact) mass is 454 g/mol. The molecule has 8 heteroatoms. The van der Waals surface area contributed by atoms with Crippen molar-refractivity contribution in [2.75, 3.05) is 36.5 Å². The highest BCUT2D eigenvalue weighted by Crippen LogP contribution is 2.37. The van der Waals surface area contributed by atoms with Gasteiger partial charge in [-0.25, -0.2) is 9.97 Å². The summed E-state index contributed by atoms with van der Waals surface area (Å²) < 4.78 is 5.89. The van der Waals surface area contributed by atoms with E-state index >= 15 is 0 Å². The largest absolute Gasteiger partial charge is 0.373 e. The van der Waals surface area contributed by atoms with Crippen LogP contribution >= 0.6 is 0 Å². The van der Waals surface area contributed by atoms with Crippen LogP contribution in [0.3, 0.4) is 0 Å². The maximum atomic E-state index is 12.0. The van der Waals surface area contributed by atoms with Crippen molar-refractivity contribution in [3.8, 4) is 17.3 Å². The third kappa shape index (κ3) is 4.70. The lowest BCUT2D eigenvalue weighted by Gasteiger charge is -2.49. The number of piperidine rings is 1. The Kier molecular flexibility index (Phi) is 6.11. The molecular formula is C26H26N6O2. The molecular weight excluding hydrogens is 428 g/mol. The van der Waals surface area contributed by atoms with Gasteiger partial charge in [-0.05, 0) is 55.3 Å². The molecule has 2 N–H and O–H groups in total. The summed E-state index contributed by atoms with van der Waals surface area (Å²) in [7, 11) is 0. The van der Waals surface area contributed by atoms with Gasteiger partial charge >= 0.3 is 0 Å². The predicted molar refractivity (Wildman–Crippen MR) is 130 cm³/mol. The third-order valence-corrected chi connectivity index (χ3v) is 6.42. The van der Waals surface area contributed by atoms with E-state index in [9.17, 15) is 4.79 Å². The van der Waals surface area contributed by atoms with Crippen molar-refractivity contribution >= 4 is 23.2 Å². The molecule has 1 spiro atoms. The number of ether oxygens (including phenoxy) is 1. The van der Waals surface area contributed by atoms with Crippen molar-refractivity contribution in [3.05, 3.63) is 66.4 Å². The van der Waals surface area contributed by atoms with Gasteiger partial charge in [-0.2, -0.15) is 5.26 Å². The Hall–Kier alpha value is -3.96. The van der Waals surface area contributed by atoms with Gasteiger partial charge < -0.3 is 20.3 Å². The van der Waals surface area contributed by atoms with Crippen molar-refractivity contribution in [3.63, 3.8) is 0 Å². The van der Waals surface area contributed by atoms with Crippen molar-refractivity contribution in [1.29, 1.82) is 5.26 Å². The number of nitriles is 1. The fraction of sp³-hybridized carbons (Fsp3) is 0.308.